The summed E-state index contributed by atoms with van der Waals surface area (Å²) in [5.41, 5.74) is 1.96. The molecule has 132 valence electrons. The van der Waals surface area contributed by atoms with Crippen LogP contribution >= 0.6 is 0 Å². The lowest BCUT2D eigenvalue weighted by Gasteiger charge is -2.18. The second-order valence-corrected chi connectivity index (χ2v) is 7.04. The standard InChI is InChI=1S/C20H26N4O/c1-15-12-24(13-16-7-5-4-6-8-16)14-18(15)22-19-10-9-17(11-21-19)20(25)23(2)3/h4-11,15,18H,12-14H2,1-3H3,(H,21,22). The predicted molar refractivity (Wildman–Crippen MR) is 101 cm³/mol. The summed E-state index contributed by atoms with van der Waals surface area (Å²) in [5.74, 6) is 1.35. The van der Waals surface area contributed by atoms with E-state index in [1.54, 1.807) is 25.2 Å². The number of nitrogens with one attached hydrogen (secondary N) is 1. The smallest absolute Gasteiger partial charge is 0.254 e. The Morgan fingerprint density at radius 1 is 1.20 bits per heavy atom. The zero-order valence-electron chi connectivity index (χ0n) is 15.1. The lowest BCUT2D eigenvalue weighted by Crippen LogP contribution is -2.28. The molecule has 0 bridgehead atoms. The molecule has 1 aromatic carbocycles. The minimum absolute atomic E-state index is 0.0256. The van der Waals surface area contributed by atoms with Crippen molar-refractivity contribution in [3.05, 3.63) is 59.8 Å². The van der Waals surface area contributed by atoms with Crippen LogP contribution < -0.4 is 5.32 Å². The van der Waals surface area contributed by atoms with Gasteiger partial charge in [0.2, 0.25) is 0 Å². The lowest BCUT2D eigenvalue weighted by molar-refractivity contribution is 0.0827. The van der Waals surface area contributed by atoms with Gasteiger partial charge in [0.05, 0.1) is 5.56 Å². The van der Waals surface area contributed by atoms with Gasteiger partial charge < -0.3 is 10.2 Å². The molecule has 2 unspecified atom stereocenters. The topological polar surface area (TPSA) is 48.5 Å². The molecule has 1 N–H and O–H groups in total. The van der Waals surface area contributed by atoms with Gasteiger partial charge in [-0.05, 0) is 23.6 Å². The van der Waals surface area contributed by atoms with Gasteiger partial charge in [-0.3, -0.25) is 9.69 Å². The van der Waals surface area contributed by atoms with Crippen molar-refractivity contribution < 1.29 is 4.79 Å². The van der Waals surface area contributed by atoms with E-state index in [1.165, 1.54) is 5.56 Å². The average molecular weight is 338 g/mol. The number of rotatable bonds is 5. The Balaban J connectivity index is 1.58. The monoisotopic (exact) mass is 338 g/mol. The molecule has 2 atom stereocenters. The fourth-order valence-electron chi connectivity index (χ4n) is 3.28. The third kappa shape index (κ3) is 4.37. The number of hydrogen-bond donors (Lipinski definition) is 1. The zero-order valence-corrected chi connectivity index (χ0v) is 15.1. The van der Waals surface area contributed by atoms with Gasteiger partial charge in [0.1, 0.15) is 5.82 Å². The van der Waals surface area contributed by atoms with Gasteiger partial charge in [0, 0.05) is 46.0 Å². The number of carbonyl (C=O) groups excluding carboxylic acids is 1. The SMILES string of the molecule is CC1CN(Cc2ccccc2)CC1Nc1ccc(C(=O)N(C)C)cn1. The summed E-state index contributed by atoms with van der Waals surface area (Å²) in [6, 6.07) is 14.7. The van der Waals surface area contributed by atoms with E-state index in [1.807, 2.05) is 12.1 Å². The molecule has 1 aliphatic heterocycles. The van der Waals surface area contributed by atoms with E-state index in [0.29, 0.717) is 17.5 Å². The molecule has 0 aliphatic carbocycles. The van der Waals surface area contributed by atoms with E-state index in [4.69, 9.17) is 0 Å². The lowest BCUT2D eigenvalue weighted by atomic mass is 10.1. The molecule has 5 heteroatoms. The van der Waals surface area contributed by atoms with Crippen molar-refractivity contribution in [1.29, 1.82) is 0 Å². The average Bonchev–Trinajstić information content (AvgIpc) is 2.95. The molecule has 0 saturated carbocycles. The van der Waals surface area contributed by atoms with Crippen LogP contribution in [0.2, 0.25) is 0 Å². The number of amides is 1. The maximum Gasteiger partial charge on any atom is 0.254 e. The number of nitrogens with zero attached hydrogens (tertiary/aromatic N) is 3. The molecule has 0 radical (unpaired) electrons. The van der Waals surface area contributed by atoms with Gasteiger partial charge >= 0.3 is 0 Å². The van der Waals surface area contributed by atoms with Crippen LogP contribution in [0.5, 0.6) is 0 Å². The van der Waals surface area contributed by atoms with E-state index in [0.717, 1.165) is 25.5 Å². The molecular weight excluding hydrogens is 312 g/mol. The summed E-state index contributed by atoms with van der Waals surface area (Å²) in [5, 5.41) is 3.52. The molecule has 2 aromatic rings. The zero-order chi connectivity index (χ0) is 17.8. The number of likely N-dealkylation sites (tertiary alicyclic amines) is 1. The van der Waals surface area contributed by atoms with Crippen LogP contribution in [-0.2, 0) is 6.54 Å². The quantitative estimate of drug-likeness (QED) is 0.911. The molecule has 1 aromatic heterocycles. The first-order valence-corrected chi connectivity index (χ1v) is 8.73. The molecular formula is C20H26N4O. The Kier molecular flexibility index (Phi) is 5.34. The Morgan fingerprint density at radius 3 is 2.60 bits per heavy atom. The molecule has 0 spiro atoms. The Morgan fingerprint density at radius 2 is 1.96 bits per heavy atom. The Labute approximate surface area is 149 Å². The van der Waals surface area contributed by atoms with E-state index in [9.17, 15) is 4.79 Å². The highest BCUT2D eigenvalue weighted by Crippen LogP contribution is 2.22. The van der Waals surface area contributed by atoms with Gasteiger partial charge in [-0.2, -0.15) is 0 Å². The fourth-order valence-corrected chi connectivity index (χ4v) is 3.28. The summed E-state index contributed by atoms with van der Waals surface area (Å²) in [6.45, 7) is 5.32. The number of aromatic nitrogens is 1. The first-order chi connectivity index (χ1) is 12.0. The van der Waals surface area contributed by atoms with Crippen molar-refractivity contribution in [3.63, 3.8) is 0 Å². The Hall–Kier alpha value is -2.40. The number of carbonyl (C=O) groups is 1. The summed E-state index contributed by atoms with van der Waals surface area (Å²) in [7, 11) is 3.49. The fraction of sp³-hybridized carbons (Fsp3) is 0.400. The molecule has 5 nitrogen and oxygen atoms in total. The van der Waals surface area contributed by atoms with Gasteiger partial charge in [-0.1, -0.05) is 37.3 Å². The molecule has 1 saturated heterocycles. The highest BCUT2D eigenvalue weighted by atomic mass is 16.2. The summed E-state index contributed by atoms with van der Waals surface area (Å²) >= 11 is 0. The van der Waals surface area contributed by atoms with E-state index >= 15 is 0 Å². The van der Waals surface area contributed by atoms with Crippen LogP contribution in [0.4, 0.5) is 5.82 Å². The first kappa shape index (κ1) is 17.4. The Bertz CT molecular complexity index is 699. The number of pyridine rings is 1. The molecule has 1 amide bonds. The van der Waals surface area contributed by atoms with Crippen molar-refractivity contribution in [3.8, 4) is 0 Å². The highest BCUT2D eigenvalue weighted by Gasteiger charge is 2.29. The summed E-state index contributed by atoms with van der Waals surface area (Å²) in [6.07, 6.45) is 1.64. The summed E-state index contributed by atoms with van der Waals surface area (Å²) < 4.78 is 0. The van der Waals surface area contributed by atoms with E-state index < -0.39 is 0 Å². The maximum atomic E-state index is 11.9. The highest BCUT2D eigenvalue weighted by molar-refractivity contribution is 5.93. The third-order valence-electron chi connectivity index (χ3n) is 4.69. The largest absolute Gasteiger partial charge is 0.366 e. The van der Waals surface area contributed by atoms with E-state index in [2.05, 4.69) is 52.5 Å². The number of anilines is 1. The molecule has 25 heavy (non-hydrogen) atoms. The van der Waals surface area contributed by atoms with Crippen LogP contribution in [0.25, 0.3) is 0 Å². The normalized spacial score (nSPS) is 20.4. The van der Waals surface area contributed by atoms with Crippen LogP contribution in [-0.4, -0.2) is 53.9 Å². The molecule has 2 heterocycles. The minimum Gasteiger partial charge on any atom is -0.366 e. The van der Waals surface area contributed by atoms with Gasteiger partial charge in [0.15, 0.2) is 0 Å². The predicted octanol–water partition coefficient (Wildman–Crippen LogP) is 2.72. The van der Waals surface area contributed by atoms with Crippen LogP contribution in [0.3, 0.4) is 0 Å². The van der Waals surface area contributed by atoms with Crippen molar-refractivity contribution >= 4 is 11.7 Å². The minimum atomic E-state index is -0.0256. The van der Waals surface area contributed by atoms with Crippen molar-refractivity contribution in [2.75, 3.05) is 32.5 Å². The van der Waals surface area contributed by atoms with E-state index in [-0.39, 0.29) is 5.91 Å². The number of hydrogen-bond acceptors (Lipinski definition) is 4. The first-order valence-electron chi connectivity index (χ1n) is 8.73. The molecule has 1 aliphatic rings. The van der Waals surface area contributed by atoms with Crippen LogP contribution in [0.15, 0.2) is 48.7 Å². The van der Waals surface area contributed by atoms with Crippen molar-refractivity contribution in [1.82, 2.24) is 14.8 Å². The molecule has 1 fully saturated rings. The maximum absolute atomic E-state index is 11.9. The second-order valence-electron chi connectivity index (χ2n) is 7.04. The summed E-state index contributed by atoms with van der Waals surface area (Å²) in [4.78, 5) is 20.4. The second kappa shape index (κ2) is 7.66. The van der Waals surface area contributed by atoms with Crippen LogP contribution in [0.1, 0.15) is 22.8 Å². The number of benzene rings is 1. The third-order valence-corrected chi connectivity index (χ3v) is 4.69. The van der Waals surface area contributed by atoms with Crippen LogP contribution in [0, 0.1) is 5.92 Å². The van der Waals surface area contributed by atoms with Gasteiger partial charge in [-0.25, -0.2) is 4.98 Å². The van der Waals surface area contributed by atoms with Gasteiger partial charge in [-0.15, -0.1) is 0 Å². The molecule has 3 rings (SSSR count). The van der Waals surface area contributed by atoms with Gasteiger partial charge in [0.25, 0.3) is 5.91 Å². The van der Waals surface area contributed by atoms with Crippen molar-refractivity contribution in [2.24, 2.45) is 5.92 Å². The van der Waals surface area contributed by atoms with Crippen molar-refractivity contribution in [2.45, 2.75) is 19.5 Å².